The maximum atomic E-state index is 13.2. The van der Waals surface area contributed by atoms with Gasteiger partial charge in [-0.3, -0.25) is 9.59 Å². The summed E-state index contributed by atoms with van der Waals surface area (Å²) in [7, 11) is 0. The van der Waals surface area contributed by atoms with Gasteiger partial charge in [0.25, 0.3) is 5.91 Å². The van der Waals surface area contributed by atoms with Gasteiger partial charge >= 0.3 is 0 Å². The molecule has 0 aromatic heterocycles. The van der Waals surface area contributed by atoms with Crippen LogP contribution in [0.1, 0.15) is 55.9 Å². The normalized spacial score (nSPS) is 12.7. The molecule has 0 aliphatic carbocycles. The first-order chi connectivity index (χ1) is 14.7. The first-order valence-electron chi connectivity index (χ1n) is 11.1. The van der Waals surface area contributed by atoms with Crippen molar-refractivity contribution in [3.05, 3.63) is 64.7 Å². The van der Waals surface area contributed by atoms with Crippen LogP contribution in [0.25, 0.3) is 0 Å². The highest BCUT2D eigenvalue weighted by Crippen LogP contribution is 2.20. The lowest BCUT2D eigenvalue weighted by atomic mass is 10.1. The van der Waals surface area contributed by atoms with E-state index in [4.69, 9.17) is 4.74 Å². The number of nitrogens with one attached hydrogen (secondary N) is 1. The number of nitrogens with zero attached hydrogens (tertiary/aromatic N) is 1. The molecule has 31 heavy (non-hydrogen) atoms. The predicted octanol–water partition coefficient (Wildman–Crippen LogP) is 4.71. The van der Waals surface area contributed by atoms with Crippen LogP contribution in [-0.4, -0.2) is 35.4 Å². The summed E-state index contributed by atoms with van der Waals surface area (Å²) in [6.07, 6.45) is 1.37. The van der Waals surface area contributed by atoms with Crippen molar-refractivity contribution in [1.29, 1.82) is 0 Å². The van der Waals surface area contributed by atoms with Gasteiger partial charge in [0.05, 0.1) is 0 Å². The van der Waals surface area contributed by atoms with Crippen LogP contribution in [0.2, 0.25) is 0 Å². The summed E-state index contributed by atoms with van der Waals surface area (Å²) in [5.74, 6) is 0.363. The van der Waals surface area contributed by atoms with Crippen molar-refractivity contribution >= 4 is 11.8 Å². The number of benzene rings is 2. The van der Waals surface area contributed by atoms with Crippen LogP contribution in [0.15, 0.2) is 42.5 Å². The predicted molar refractivity (Wildman–Crippen MR) is 125 cm³/mol. The maximum absolute atomic E-state index is 13.2. The molecule has 0 aliphatic heterocycles. The van der Waals surface area contributed by atoms with E-state index in [1.165, 1.54) is 0 Å². The lowest BCUT2D eigenvalue weighted by Gasteiger charge is -2.31. The number of amides is 2. The van der Waals surface area contributed by atoms with Crippen molar-refractivity contribution in [2.24, 2.45) is 0 Å². The Balaban J connectivity index is 2.22. The van der Waals surface area contributed by atoms with Crippen molar-refractivity contribution in [3.8, 4) is 5.75 Å². The molecule has 2 rings (SSSR count). The SMILES string of the molecule is CC[C@H](C)NC(=O)[C@H](CC)N(Cc1ccc(C)cc1)C(=O)COc1ccc(C)cc1C. The molecule has 2 atom stereocenters. The minimum atomic E-state index is -0.550. The number of ether oxygens (including phenoxy) is 1. The van der Waals surface area contributed by atoms with Crippen molar-refractivity contribution in [3.63, 3.8) is 0 Å². The first kappa shape index (κ1) is 24.4. The average Bonchev–Trinajstić information content (AvgIpc) is 2.74. The van der Waals surface area contributed by atoms with Gasteiger partial charge in [0, 0.05) is 12.6 Å². The van der Waals surface area contributed by atoms with E-state index in [1.54, 1.807) is 4.90 Å². The van der Waals surface area contributed by atoms with Gasteiger partial charge < -0.3 is 15.0 Å². The van der Waals surface area contributed by atoms with Crippen LogP contribution >= 0.6 is 0 Å². The third-order valence-corrected chi connectivity index (χ3v) is 5.54. The molecule has 0 saturated carbocycles. The van der Waals surface area contributed by atoms with Crippen molar-refractivity contribution in [2.75, 3.05) is 6.61 Å². The minimum Gasteiger partial charge on any atom is -0.483 e. The van der Waals surface area contributed by atoms with Crippen LogP contribution in [0.3, 0.4) is 0 Å². The van der Waals surface area contributed by atoms with Gasteiger partial charge in [-0.1, -0.05) is 61.4 Å². The second-order valence-corrected chi connectivity index (χ2v) is 8.31. The molecule has 5 nitrogen and oxygen atoms in total. The zero-order chi connectivity index (χ0) is 23.0. The molecule has 0 heterocycles. The van der Waals surface area contributed by atoms with Gasteiger partial charge in [-0.2, -0.15) is 0 Å². The van der Waals surface area contributed by atoms with Gasteiger partial charge in [-0.15, -0.1) is 0 Å². The summed E-state index contributed by atoms with van der Waals surface area (Å²) in [5.41, 5.74) is 4.27. The lowest BCUT2D eigenvalue weighted by molar-refractivity contribution is -0.143. The molecule has 2 aromatic rings. The molecule has 0 radical (unpaired) electrons. The summed E-state index contributed by atoms with van der Waals surface area (Å²) in [4.78, 5) is 27.8. The van der Waals surface area contributed by atoms with Crippen LogP contribution in [0.4, 0.5) is 0 Å². The molecule has 2 amide bonds. The molecule has 168 valence electrons. The molecule has 0 spiro atoms. The number of hydrogen-bond acceptors (Lipinski definition) is 3. The van der Waals surface area contributed by atoms with Gasteiger partial charge in [0.15, 0.2) is 6.61 Å². The maximum Gasteiger partial charge on any atom is 0.261 e. The molecule has 0 fully saturated rings. The van der Waals surface area contributed by atoms with E-state index >= 15 is 0 Å². The largest absolute Gasteiger partial charge is 0.483 e. The van der Waals surface area contributed by atoms with Crippen LogP contribution in [-0.2, 0) is 16.1 Å². The molecular weight excluding hydrogens is 388 g/mol. The molecular formula is C26H36N2O3. The molecule has 2 aromatic carbocycles. The fourth-order valence-corrected chi connectivity index (χ4v) is 3.43. The molecule has 0 bridgehead atoms. The van der Waals surface area contributed by atoms with Crippen LogP contribution in [0.5, 0.6) is 5.75 Å². The summed E-state index contributed by atoms with van der Waals surface area (Å²) in [6, 6.07) is 13.4. The standard InChI is InChI=1S/C26H36N2O3/c1-7-21(6)27-26(30)23(8-2)28(16-22-12-9-18(3)10-13-22)25(29)17-31-24-14-11-19(4)15-20(24)5/h9-15,21,23H,7-8,16-17H2,1-6H3,(H,27,30)/t21-,23-/m0/s1. The zero-order valence-corrected chi connectivity index (χ0v) is 19.7. The Kier molecular flexibility index (Phi) is 9.10. The second kappa shape index (κ2) is 11.5. The Morgan fingerprint density at radius 3 is 2.19 bits per heavy atom. The number of carbonyl (C=O) groups excluding carboxylic acids is 2. The summed E-state index contributed by atoms with van der Waals surface area (Å²) in [6.45, 7) is 12.2. The van der Waals surface area contributed by atoms with Gasteiger partial charge in [-0.25, -0.2) is 0 Å². The van der Waals surface area contributed by atoms with Gasteiger partial charge in [-0.05, 0) is 57.7 Å². The Labute approximate surface area is 186 Å². The topological polar surface area (TPSA) is 58.6 Å². The monoisotopic (exact) mass is 424 g/mol. The lowest BCUT2D eigenvalue weighted by Crippen LogP contribution is -2.51. The first-order valence-corrected chi connectivity index (χ1v) is 11.1. The van der Waals surface area contributed by atoms with E-state index in [0.717, 1.165) is 28.7 Å². The van der Waals surface area contributed by atoms with E-state index in [1.807, 2.05) is 84.0 Å². The highest BCUT2D eigenvalue weighted by atomic mass is 16.5. The van der Waals surface area contributed by atoms with Crippen LogP contribution in [0, 0.1) is 20.8 Å². The van der Waals surface area contributed by atoms with Crippen molar-refractivity contribution in [2.45, 2.75) is 73.0 Å². The van der Waals surface area contributed by atoms with Gasteiger partial charge in [0.1, 0.15) is 11.8 Å². The molecule has 0 saturated heterocycles. The van der Waals surface area contributed by atoms with Crippen molar-refractivity contribution < 1.29 is 14.3 Å². The van der Waals surface area contributed by atoms with Gasteiger partial charge in [0.2, 0.25) is 5.91 Å². The number of hydrogen-bond donors (Lipinski definition) is 1. The van der Waals surface area contributed by atoms with E-state index in [-0.39, 0.29) is 24.5 Å². The van der Waals surface area contributed by atoms with E-state index < -0.39 is 6.04 Å². The Morgan fingerprint density at radius 1 is 0.968 bits per heavy atom. The third kappa shape index (κ3) is 7.12. The highest BCUT2D eigenvalue weighted by molar-refractivity contribution is 5.88. The molecule has 1 N–H and O–H groups in total. The van der Waals surface area contributed by atoms with Crippen molar-refractivity contribution in [1.82, 2.24) is 10.2 Å². The smallest absolute Gasteiger partial charge is 0.261 e. The molecule has 0 unspecified atom stereocenters. The number of carbonyl (C=O) groups is 2. The van der Waals surface area contributed by atoms with E-state index in [2.05, 4.69) is 5.32 Å². The number of aryl methyl sites for hydroxylation is 3. The minimum absolute atomic E-state index is 0.0596. The third-order valence-electron chi connectivity index (χ3n) is 5.54. The fourth-order valence-electron chi connectivity index (χ4n) is 3.43. The summed E-state index contributed by atoms with van der Waals surface area (Å²) >= 11 is 0. The summed E-state index contributed by atoms with van der Waals surface area (Å²) < 4.78 is 5.85. The average molecular weight is 425 g/mol. The Hall–Kier alpha value is -2.82. The molecule has 5 heteroatoms. The van der Waals surface area contributed by atoms with E-state index in [9.17, 15) is 9.59 Å². The fraction of sp³-hybridized carbons (Fsp3) is 0.462. The summed E-state index contributed by atoms with van der Waals surface area (Å²) in [5, 5.41) is 3.03. The quantitative estimate of drug-likeness (QED) is 0.601. The highest BCUT2D eigenvalue weighted by Gasteiger charge is 2.29. The Bertz CT molecular complexity index is 877. The molecule has 0 aliphatic rings. The van der Waals surface area contributed by atoms with Crippen LogP contribution < -0.4 is 10.1 Å². The zero-order valence-electron chi connectivity index (χ0n) is 19.7. The Morgan fingerprint density at radius 2 is 1.61 bits per heavy atom. The second-order valence-electron chi connectivity index (χ2n) is 8.31. The number of rotatable bonds is 10. The van der Waals surface area contributed by atoms with E-state index in [0.29, 0.717) is 18.7 Å².